The molecule has 5 nitrogen and oxygen atoms in total. The Morgan fingerprint density at radius 2 is 2.18 bits per heavy atom. The smallest absolute Gasteiger partial charge is 0.246 e. The van der Waals surface area contributed by atoms with Crippen LogP contribution in [-0.4, -0.2) is 49.5 Å². The van der Waals surface area contributed by atoms with Crippen LogP contribution in [0, 0.1) is 5.41 Å². The van der Waals surface area contributed by atoms with Crippen LogP contribution in [0.25, 0.3) is 0 Å². The van der Waals surface area contributed by atoms with E-state index in [9.17, 15) is 4.79 Å². The molecule has 0 aromatic carbocycles. The fourth-order valence-electron chi connectivity index (χ4n) is 2.09. The van der Waals surface area contributed by atoms with Gasteiger partial charge in [-0.1, -0.05) is 0 Å². The van der Waals surface area contributed by atoms with E-state index in [2.05, 4.69) is 10.6 Å². The SMILES string of the molecule is CC1(OCC(=O)NCC2(CCO)CC2)CNC1. The minimum Gasteiger partial charge on any atom is -0.396 e. The van der Waals surface area contributed by atoms with Crippen LogP contribution in [0.2, 0.25) is 0 Å². The van der Waals surface area contributed by atoms with E-state index in [0.717, 1.165) is 32.4 Å². The fourth-order valence-corrected chi connectivity index (χ4v) is 2.09. The van der Waals surface area contributed by atoms with Crippen LogP contribution in [0.4, 0.5) is 0 Å². The molecule has 0 spiro atoms. The zero-order chi connectivity index (χ0) is 12.4. The van der Waals surface area contributed by atoms with Crippen molar-refractivity contribution >= 4 is 5.91 Å². The number of nitrogens with one attached hydrogen (secondary N) is 2. The number of rotatable bonds is 7. The van der Waals surface area contributed by atoms with Gasteiger partial charge in [0, 0.05) is 26.2 Å². The van der Waals surface area contributed by atoms with Gasteiger partial charge in [0.25, 0.3) is 0 Å². The van der Waals surface area contributed by atoms with E-state index in [0.29, 0.717) is 6.54 Å². The average Bonchev–Trinajstić information content (AvgIpc) is 3.02. The molecule has 0 atom stereocenters. The third-order valence-corrected chi connectivity index (χ3v) is 3.81. The normalized spacial score (nSPS) is 23.9. The van der Waals surface area contributed by atoms with Crippen molar-refractivity contribution < 1.29 is 14.6 Å². The summed E-state index contributed by atoms with van der Waals surface area (Å²) in [7, 11) is 0. The minimum atomic E-state index is -0.167. The molecule has 1 saturated heterocycles. The number of hydrogen-bond acceptors (Lipinski definition) is 4. The Bertz CT molecular complexity index is 285. The second kappa shape index (κ2) is 4.92. The average molecular weight is 242 g/mol. The molecule has 1 amide bonds. The zero-order valence-corrected chi connectivity index (χ0v) is 10.4. The van der Waals surface area contributed by atoms with Crippen LogP contribution in [0.5, 0.6) is 0 Å². The molecular weight excluding hydrogens is 220 g/mol. The summed E-state index contributed by atoms with van der Waals surface area (Å²) in [5, 5.41) is 14.9. The number of hydrogen-bond donors (Lipinski definition) is 3. The summed E-state index contributed by atoms with van der Waals surface area (Å²) in [6.07, 6.45) is 3.00. The molecule has 0 aromatic heterocycles. The van der Waals surface area contributed by atoms with E-state index < -0.39 is 0 Å². The van der Waals surface area contributed by atoms with Gasteiger partial charge in [-0.2, -0.15) is 0 Å². The number of carbonyl (C=O) groups excluding carboxylic acids is 1. The van der Waals surface area contributed by atoms with Crippen molar-refractivity contribution in [2.75, 3.05) is 32.8 Å². The van der Waals surface area contributed by atoms with Gasteiger partial charge in [0.1, 0.15) is 6.61 Å². The molecule has 5 heteroatoms. The number of ether oxygens (including phenoxy) is 1. The molecule has 17 heavy (non-hydrogen) atoms. The molecule has 0 bridgehead atoms. The van der Waals surface area contributed by atoms with Gasteiger partial charge in [0.05, 0.1) is 5.60 Å². The van der Waals surface area contributed by atoms with Crippen molar-refractivity contribution in [3.05, 3.63) is 0 Å². The van der Waals surface area contributed by atoms with Crippen molar-refractivity contribution in [2.24, 2.45) is 5.41 Å². The first-order valence-corrected chi connectivity index (χ1v) is 6.30. The topological polar surface area (TPSA) is 70.6 Å². The van der Waals surface area contributed by atoms with E-state index in [1.165, 1.54) is 0 Å². The van der Waals surface area contributed by atoms with Crippen LogP contribution in [0.15, 0.2) is 0 Å². The van der Waals surface area contributed by atoms with Crippen molar-refractivity contribution in [3.8, 4) is 0 Å². The van der Waals surface area contributed by atoms with Gasteiger partial charge >= 0.3 is 0 Å². The minimum absolute atomic E-state index is 0.0534. The lowest BCUT2D eigenvalue weighted by Crippen LogP contribution is -2.59. The fraction of sp³-hybridized carbons (Fsp3) is 0.917. The monoisotopic (exact) mass is 242 g/mol. The van der Waals surface area contributed by atoms with Crippen LogP contribution in [0.3, 0.4) is 0 Å². The quantitative estimate of drug-likeness (QED) is 0.570. The first kappa shape index (κ1) is 12.8. The predicted molar refractivity (Wildman–Crippen MR) is 63.6 cm³/mol. The molecular formula is C12H22N2O3. The first-order valence-electron chi connectivity index (χ1n) is 6.30. The van der Waals surface area contributed by atoms with Crippen LogP contribution < -0.4 is 10.6 Å². The third-order valence-electron chi connectivity index (χ3n) is 3.81. The Morgan fingerprint density at radius 3 is 2.65 bits per heavy atom. The Morgan fingerprint density at radius 1 is 1.47 bits per heavy atom. The molecule has 1 aliphatic heterocycles. The largest absolute Gasteiger partial charge is 0.396 e. The van der Waals surface area contributed by atoms with Gasteiger partial charge in [0.2, 0.25) is 5.91 Å². The maximum absolute atomic E-state index is 11.6. The second-order valence-electron chi connectivity index (χ2n) is 5.59. The van der Waals surface area contributed by atoms with Crippen molar-refractivity contribution in [3.63, 3.8) is 0 Å². The summed E-state index contributed by atoms with van der Waals surface area (Å²) in [6.45, 7) is 4.64. The summed E-state index contributed by atoms with van der Waals surface area (Å²) < 4.78 is 5.55. The van der Waals surface area contributed by atoms with Gasteiger partial charge in [-0.05, 0) is 31.6 Å². The first-order chi connectivity index (χ1) is 8.08. The molecule has 1 heterocycles. The van der Waals surface area contributed by atoms with E-state index >= 15 is 0 Å². The summed E-state index contributed by atoms with van der Waals surface area (Å²) in [6, 6.07) is 0. The van der Waals surface area contributed by atoms with E-state index in [1.54, 1.807) is 0 Å². The lowest BCUT2D eigenvalue weighted by atomic mass is 10.0. The standard InChI is InChI=1S/C12H22N2O3/c1-11(7-13-8-11)17-6-10(16)14-9-12(2-3-12)4-5-15/h13,15H,2-9H2,1H3,(H,14,16). The summed E-state index contributed by atoms with van der Waals surface area (Å²) in [5.41, 5.74) is 0.00600. The van der Waals surface area contributed by atoms with Gasteiger partial charge in [-0.3, -0.25) is 4.79 Å². The maximum atomic E-state index is 11.6. The molecule has 98 valence electrons. The van der Waals surface area contributed by atoms with Crippen molar-refractivity contribution in [1.29, 1.82) is 0 Å². The number of aliphatic hydroxyl groups excluding tert-OH is 1. The van der Waals surface area contributed by atoms with Crippen LogP contribution >= 0.6 is 0 Å². The Hall–Kier alpha value is -0.650. The lowest BCUT2D eigenvalue weighted by molar-refractivity contribution is -0.136. The molecule has 1 saturated carbocycles. The van der Waals surface area contributed by atoms with Crippen molar-refractivity contribution in [1.82, 2.24) is 10.6 Å². The van der Waals surface area contributed by atoms with Gasteiger partial charge in [-0.15, -0.1) is 0 Å². The molecule has 1 aliphatic carbocycles. The maximum Gasteiger partial charge on any atom is 0.246 e. The summed E-state index contributed by atoms with van der Waals surface area (Å²) >= 11 is 0. The molecule has 3 N–H and O–H groups in total. The highest BCUT2D eigenvalue weighted by Gasteiger charge is 2.42. The predicted octanol–water partition coefficient (Wildman–Crippen LogP) is -0.356. The van der Waals surface area contributed by atoms with Crippen LogP contribution in [-0.2, 0) is 9.53 Å². The van der Waals surface area contributed by atoms with Crippen LogP contribution in [0.1, 0.15) is 26.2 Å². The molecule has 2 rings (SSSR count). The van der Waals surface area contributed by atoms with E-state index in [-0.39, 0.29) is 30.1 Å². The molecule has 2 aliphatic rings. The Kier molecular flexibility index (Phi) is 3.70. The second-order valence-corrected chi connectivity index (χ2v) is 5.59. The van der Waals surface area contributed by atoms with E-state index in [1.807, 2.05) is 6.92 Å². The molecule has 2 fully saturated rings. The van der Waals surface area contributed by atoms with Crippen molar-refractivity contribution in [2.45, 2.75) is 31.8 Å². The highest BCUT2D eigenvalue weighted by Crippen LogP contribution is 2.47. The van der Waals surface area contributed by atoms with E-state index in [4.69, 9.17) is 9.84 Å². The third kappa shape index (κ3) is 3.40. The zero-order valence-electron chi connectivity index (χ0n) is 10.4. The lowest BCUT2D eigenvalue weighted by Gasteiger charge is -2.38. The summed E-state index contributed by atoms with van der Waals surface area (Å²) in [4.78, 5) is 11.6. The van der Waals surface area contributed by atoms with Gasteiger partial charge in [0.15, 0.2) is 0 Å². The number of amides is 1. The number of aliphatic hydroxyl groups is 1. The Labute approximate surface area is 102 Å². The van der Waals surface area contributed by atoms with Gasteiger partial charge < -0.3 is 20.5 Å². The highest BCUT2D eigenvalue weighted by atomic mass is 16.5. The molecule has 0 radical (unpaired) electrons. The number of carbonyl (C=O) groups is 1. The molecule has 0 unspecified atom stereocenters. The summed E-state index contributed by atoms with van der Waals surface area (Å²) in [5.74, 6) is -0.0534. The highest BCUT2D eigenvalue weighted by molar-refractivity contribution is 5.77. The Balaban J connectivity index is 1.61. The van der Waals surface area contributed by atoms with Gasteiger partial charge in [-0.25, -0.2) is 0 Å². The molecule has 0 aromatic rings.